The van der Waals surface area contributed by atoms with E-state index in [0.29, 0.717) is 32.0 Å². The van der Waals surface area contributed by atoms with Gasteiger partial charge in [-0.25, -0.2) is 14.6 Å². The number of carbonyl (C=O) groups excluding carboxylic acids is 4. The Morgan fingerprint density at radius 2 is 1.51 bits per heavy atom. The Bertz CT molecular complexity index is 2060. The first-order chi connectivity index (χ1) is 28.8. The number of hydrogen-bond acceptors (Lipinski definition) is 9. The van der Waals surface area contributed by atoms with Crippen molar-refractivity contribution in [3.8, 4) is 11.3 Å². The molecule has 1 aliphatic heterocycles. The maximum absolute atomic E-state index is 14.6. The fraction of sp³-hybridized carbons (Fsp3) is 0.489. The molecule has 5 amide bonds. The second kappa shape index (κ2) is 20.5. The summed E-state index contributed by atoms with van der Waals surface area (Å²) in [6, 6.07) is 19.7. The number of urea groups is 1. The van der Waals surface area contributed by atoms with E-state index in [-0.39, 0.29) is 24.8 Å². The van der Waals surface area contributed by atoms with Crippen LogP contribution in [0.1, 0.15) is 89.6 Å². The molecule has 0 aliphatic carbocycles. The predicted molar refractivity (Wildman–Crippen MR) is 239 cm³/mol. The first-order valence-electron chi connectivity index (χ1n) is 21.0. The number of rotatable bonds is 17. The van der Waals surface area contributed by atoms with E-state index in [0.717, 1.165) is 33.1 Å². The summed E-state index contributed by atoms with van der Waals surface area (Å²) in [5, 5.41) is 24.2. The minimum atomic E-state index is -1.15. The molecular formula is C47H63N7O6S. The molecule has 1 fully saturated rings. The van der Waals surface area contributed by atoms with Gasteiger partial charge in [-0.2, -0.15) is 0 Å². The van der Waals surface area contributed by atoms with Crippen LogP contribution in [0.15, 0.2) is 84.4 Å². The monoisotopic (exact) mass is 853 g/mol. The Morgan fingerprint density at radius 3 is 2.10 bits per heavy atom. The Morgan fingerprint density at radius 1 is 0.836 bits per heavy atom. The number of ether oxygens (including phenoxy) is 1. The first-order valence-corrected chi connectivity index (χ1v) is 21.9. The van der Waals surface area contributed by atoms with Crippen LogP contribution in [0.3, 0.4) is 0 Å². The van der Waals surface area contributed by atoms with E-state index in [1.54, 1.807) is 27.3 Å². The van der Waals surface area contributed by atoms with Gasteiger partial charge in [0, 0.05) is 42.2 Å². The summed E-state index contributed by atoms with van der Waals surface area (Å²) in [5.41, 5.74) is 3.02. The fourth-order valence-corrected chi connectivity index (χ4v) is 8.50. The third-order valence-corrected chi connectivity index (χ3v) is 12.1. The number of aliphatic hydroxyl groups excluding tert-OH is 1. The van der Waals surface area contributed by atoms with Crippen LogP contribution >= 0.6 is 11.3 Å². The maximum Gasteiger partial charge on any atom is 0.407 e. The molecular weight excluding hydrogens is 791 g/mol. The molecule has 0 spiro atoms. The number of alkyl carbamates (subject to hydrolysis) is 1. The van der Waals surface area contributed by atoms with Crippen molar-refractivity contribution in [2.75, 3.05) is 20.2 Å². The molecule has 328 valence electrons. The molecule has 0 saturated carbocycles. The van der Waals surface area contributed by atoms with E-state index in [9.17, 15) is 24.3 Å². The van der Waals surface area contributed by atoms with Gasteiger partial charge in [0.15, 0.2) is 0 Å². The number of methoxy groups -OCH3 is 1. The van der Waals surface area contributed by atoms with E-state index in [1.165, 1.54) is 7.11 Å². The lowest BCUT2D eigenvalue weighted by molar-refractivity contribution is -0.130. The normalized spacial score (nSPS) is 15.8. The highest BCUT2D eigenvalue weighted by Gasteiger charge is 2.44. The molecule has 2 aromatic heterocycles. The SMILES string of the molecule is COC(=O)N[C@H](C(=O)N[C@@H](Cc1ccc(-c2ccccn2)cc1)[C@@H](O)C[C@H](Cc1ccccc1)NC(=O)[C@@H](N1CCN(Cc2csc(C(C)C)n2)C1=O)C(C)(C)C)C(C)(C)C. The Hall–Kier alpha value is -5.34. The molecule has 61 heavy (non-hydrogen) atoms. The number of pyridine rings is 1. The molecule has 0 radical (unpaired) electrons. The van der Waals surface area contributed by atoms with Gasteiger partial charge >= 0.3 is 12.1 Å². The van der Waals surface area contributed by atoms with Gasteiger partial charge < -0.3 is 35.6 Å². The molecule has 13 nitrogen and oxygen atoms in total. The number of aromatic nitrogens is 2. The quantitative estimate of drug-likeness (QED) is 0.0886. The summed E-state index contributed by atoms with van der Waals surface area (Å²) in [4.78, 5) is 67.7. The molecule has 2 aromatic carbocycles. The average molecular weight is 854 g/mol. The zero-order valence-electron chi connectivity index (χ0n) is 37.0. The zero-order chi connectivity index (χ0) is 44.5. The lowest BCUT2D eigenvalue weighted by Crippen LogP contribution is -2.59. The summed E-state index contributed by atoms with van der Waals surface area (Å²) in [6.45, 7) is 16.7. The van der Waals surface area contributed by atoms with Gasteiger partial charge in [-0.15, -0.1) is 11.3 Å². The van der Waals surface area contributed by atoms with Gasteiger partial charge in [-0.1, -0.05) is 116 Å². The van der Waals surface area contributed by atoms with E-state index in [1.807, 2.05) is 120 Å². The van der Waals surface area contributed by atoms with Crippen molar-refractivity contribution in [1.82, 2.24) is 35.7 Å². The second-order valence-corrected chi connectivity index (χ2v) is 19.3. The zero-order valence-corrected chi connectivity index (χ0v) is 37.8. The number of nitrogens with one attached hydrogen (secondary N) is 3. The highest BCUT2D eigenvalue weighted by molar-refractivity contribution is 7.09. The lowest BCUT2D eigenvalue weighted by atomic mass is 9.84. The smallest absolute Gasteiger partial charge is 0.407 e. The van der Waals surface area contributed by atoms with Gasteiger partial charge in [0.1, 0.15) is 12.1 Å². The third kappa shape index (κ3) is 12.8. The largest absolute Gasteiger partial charge is 0.453 e. The van der Waals surface area contributed by atoms with Crippen molar-refractivity contribution in [2.24, 2.45) is 10.8 Å². The van der Waals surface area contributed by atoms with Crippen LogP contribution in [0.25, 0.3) is 11.3 Å². The van der Waals surface area contributed by atoms with Crippen molar-refractivity contribution in [3.63, 3.8) is 0 Å². The highest BCUT2D eigenvalue weighted by atomic mass is 32.1. The first kappa shape index (κ1) is 46.7. The molecule has 4 aromatic rings. The minimum Gasteiger partial charge on any atom is -0.453 e. The lowest BCUT2D eigenvalue weighted by Gasteiger charge is -2.38. The standard InChI is InChI=1S/C47H63N7O6S/c1-30(2)43-50-35(29-61-43)28-53-23-24-54(45(53)59)40(47(6,7)8)42(57)49-34(25-31-15-11-10-12-16-31)27-38(55)37(51-41(56)39(46(3,4)5)52-44(58)60-9)26-32-18-20-33(21-19-32)36-17-13-14-22-48-36/h10-22,29-30,34,37-40,55H,23-28H2,1-9H3,(H,49,57)(H,51,56)(H,52,58)/t34-,37-,38-,39+,40+/m0/s1. The van der Waals surface area contributed by atoms with Crippen molar-refractivity contribution in [2.45, 2.75) is 117 Å². The topological polar surface area (TPSA) is 166 Å². The molecule has 14 heteroatoms. The summed E-state index contributed by atoms with van der Waals surface area (Å²) in [7, 11) is 1.24. The molecule has 3 heterocycles. The van der Waals surface area contributed by atoms with Crippen LogP contribution in [-0.4, -0.2) is 99.3 Å². The molecule has 5 rings (SSSR count). The van der Waals surface area contributed by atoms with Crippen molar-refractivity contribution in [3.05, 3.63) is 106 Å². The van der Waals surface area contributed by atoms with Crippen molar-refractivity contribution in [1.29, 1.82) is 0 Å². The Balaban J connectivity index is 1.41. The van der Waals surface area contributed by atoms with Crippen LogP contribution in [0.4, 0.5) is 9.59 Å². The molecule has 5 atom stereocenters. The molecule has 0 bridgehead atoms. The Labute approximate surface area is 364 Å². The summed E-state index contributed by atoms with van der Waals surface area (Å²) in [6.07, 6.45) is 0.531. The number of nitrogens with zero attached hydrogens (tertiary/aromatic N) is 4. The van der Waals surface area contributed by atoms with Gasteiger partial charge in [0.05, 0.1) is 42.2 Å². The number of benzene rings is 2. The number of aliphatic hydroxyl groups is 1. The molecule has 0 unspecified atom stereocenters. The number of amides is 5. The minimum absolute atomic E-state index is 0.0706. The molecule has 1 saturated heterocycles. The predicted octanol–water partition coefficient (Wildman–Crippen LogP) is 6.96. The maximum atomic E-state index is 14.6. The van der Waals surface area contributed by atoms with Gasteiger partial charge in [0.2, 0.25) is 11.8 Å². The Kier molecular flexibility index (Phi) is 15.7. The van der Waals surface area contributed by atoms with E-state index in [2.05, 4.69) is 34.8 Å². The number of carbonyl (C=O) groups is 4. The molecule has 4 N–H and O–H groups in total. The summed E-state index contributed by atoms with van der Waals surface area (Å²) < 4.78 is 4.84. The van der Waals surface area contributed by atoms with Crippen LogP contribution < -0.4 is 16.0 Å². The van der Waals surface area contributed by atoms with Gasteiger partial charge in [0.25, 0.3) is 0 Å². The van der Waals surface area contributed by atoms with Crippen LogP contribution in [0.2, 0.25) is 0 Å². The number of hydrogen-bond donors (Lipinski definition) is 4. The van der Waals surface area contributed by atoms with Gasteiger partial charge in [-0.05, 0) is 53.4 Å². The fourth-order valence-electron chi connectivity index (χ4n) is 7.67. The van der Waals surface area contributed by atoms with E-state index < -0.39 is 53.1 Å². The van der Waals surface area contributed by atoms with Gasteiger partial charge in [-0.3, -0.25) is 14.6 Å². The average Bonchev–Trinajstić information content (AvgIpc) is 3.83. The van der Waals surface area contributed by atoms with E-state index >= 15 is 0 Å². The summed E-state index contributed by atoms with van der Waals surface area (Å²) >= 11 is 1.59. The van der Waals surface area contributed by atoms with Crippen LogP contribution in [-0.2, 0) is 33.7 Å². The highest BCUT2D eigenvalue weighted by Crippen LogP contribution is 2.30. The third-order valence-electron chi connectivity index (χ3n) is 10.9. The van der Waals surface area contributed by atoms with Crippen molar-refractivity contribution >= 4 is 35.3 Å². The molecule has 1 aliphatic rings. The van der Waals surface area contributed by atoms with E-state index in [4.69, 9.17) is 9.72 Å². The van der Waals surface area contributed by atoms with Crippen molar-refractivity contribution < 1.29 is 29.0 Å². The van der Waals surface area contributed by atoms with Crippen LogP contribution in [0.5, 0.6) is 0 Å². The summed E-state index contributed by atoms with van der Waals surface area (Å²) in [5.74, 6) is -0.522. The van der Waals surface area contributed by atoms with Crippen LogP contribution in [0, 0.1) is 10.8 Å². The second-order valence-electron chi connectivity index (χ2n) is 18.4. The number of thiazole rings is 1.